The first-order valence-electron chi connectivity index (χ1n) is 8.74. The zero-order valence-electron chi connectivity index (χ0n) is 14.2. The molecule has 0 aliphatic carbocycles. The molecule has 2 fully saturated rings. The Bertz CT molecular complexity index is 546. The van der Waals surface area contributed by atoms with Crippen molar-refractivity contribution in [2.45, 2.75) is 61.7 Å². The summed E-state index contributed by atoms with van der Waals surface area (Å²) in [6.45, 7) is 6.59. The molecule has 0 saturated carbocycles. The number of thioether (sulfide) groups is 1. The molecule has 0 radical (unpaired) electrons. The topological polar surface area (TPSA) is 29.5 Å². The molecule has 2 saturated heterocycles. The van der Waals surface area contributed by atoms with E-state index in [9.17, 15) is 4.79 Å². The van der Waals surface area contributed by atoms with Gasteiger partial charge >= 0.3 is 0 Å². The molecule has 2 heterocycles. The number of nitrogens with zero attached hydrogens (tertiary/aromatic N) is 1. The molecular formula is C19H27NO2S. The van der Waals surface area contributed by atoms with E-state index in [-0.39, 0.29) is 5.91 Å². The molecule has 0 bridgehead atoms. The first-order valence-corrected chi connectivity index (χ1v) is 9.62. The summed E-state index contributed by atoms with van der Waals surface area (Å²) in [4.78, 5) is 16.2. The van der Waals surface area contributed by atoms with Gasteiger partial charge in [-0.2, -0.15) is 0 Å². The summed E-state index contributed by atoms with van der Waals surface area (Å²) < 4.78 is 5.82. The lowest BCUT2D eigenvalue weighted by Crippen LogP contribution is -2.52. The molecular weight excluding hydrogens is 306 g/mol. The third kappa shape index (κ3) is 3.92. The minimum absolute atomic E-state index is 0.205. The van der Waals surface area contributed by atoms with Crippen molar-refractivity contribution in [1.29, 1.82) is 0 Å². The Hall–Kier alpha value is -1.00. The van der Waals surface area contributed by atoms with Crippen LogP contribution in [0.15, 0.2) is 29.2 Å². The van der Waals surface area contributed by atoms with Gasteiger partial charge in [-0.1, -0.05) is 18.2 Å². The minimum atomic E-state index is -0.575. The molecule has 23 heavy (non-hydrogen) atoms. The highest BCUT2D eigenvalue weighted by atomic mass is 32.2. The van der Waals surface area contributed by atoms with Crippen LogP contribution in [-0.4, -0.2) is 41.4 Å². The number of carbonyl (C=O) groups is 1. The molecule has 0 N–H and O–H groups in total. The van der Waals surface area contributed by atoms with E-state index in [0.29, 0.717) is 5.25 Å². The van der Waals surface area contributed by atoms with E-state index in [4.69, 9.17) is 4.74 Å². The molecule has 1 atom stereocenters. The summed E-state index contributed by atoms with van der Waals surface area (Å²) in [7, 11) is 0. The third-order valence-electron chi connectivity index (χ3n) is 5.04. The number of carbonyl (C=O) groups excluding carboxylic acids is 1. The van der Waals surface area contributed by atoms with Crippen molar-refractivity contribution in [3.05, 3.63) is 29.8 Å². The maximum Gasteiger partial charge on any atom is 0.254 e. The zero-order chi connectivity index (χ0) is 16.3. The number of likely N-dealkylation sites (tertiary alicyclic amines) is 1. The van der Waals surface area contributed by atoms with E-state index >= 15 is 0 Å². The zero-order valence-corrected chi connectivity index (χ0v) is 15.0. The van der Waals surface area contributed by atoms with Crippen LogP contribution in [0.1, 0.15) is 44.6 Å². The molecule has 1 aromatic carbocycles. The lowest BCUT2D eigenvalue weighted by atomic mass is 9.93. The summed E-state index contributed by atoms with van der Waals surface area (Å²) in [6, 6.07) is 8.57. The van der Waals surface area contributed by atoms with E-state index in [2.05, 4.69) is 31.2 Å². The fourth-order valence-electron chi connectivity index (χ4n) is 3.48. The fourth-order valence-corrected chi connectivity index (χ4v) is 4.70. The molecule has 4 heteroatoms. The Morgan fingerprint density at radius 2 is 2.00 bits per heavy atom. The predicted octanol–water partition coefficient (Wildman–Crippen LogP) is 4.04. The molecule has 3 rings (SSSR count). The van der Waals surface area contributed by atoms with Crippen LogP contribution in [0.4, 0.5) is 0 Å². The van der Waals surface area contributed by atoms with Crippen LogP contribution >= 0.6 is 11.8 Å². The highest BCUT2D eigenvalue weighted by Crippen LogP contribution is 2.34. The Morgan fingerprint density at radius 1 is 1.26 bits per heavy atom. The van der Waals surface area contributed by atoms with Gasteiger partial charge in [0, 0.05) is 29.8 Å². The second-order valence-corrected chi connectivity index (χ2v) is 8.25. The minimum Gasteiger partial charge on any atom is -0.365 e. The smallest absolute Gasteiger partial charge is 0.254 e. The number of benzene rings is 1. The van der Waals surface area contributed by atoms with Gasteiger partial charge in [-0.3, -0.25) is 4.79 Å². The number of rotatable bonds is 3. The molecule has 2 aliphatic heterocycles. The van der Waals surface area contributed by atoms with E-state index < -0.39 is 5.60 Å². The number of ether oxygens (including phenoxy) is 1. The monoisotopic (exact) mass is 333 g/mol. The lowest BCUT2D eigenvalue weighted by molar-refractivity contribution is -0.162. The van der Waals surface area contributed by atoms with Crippen LogP contribution in [0, 0.1) is 6.92 Å². The number of amides is 1. The van der Waals surface area contributed by atoms with Crippen molar-refractivity contribution in [2.24, 2.45) is 0 Å². The summed E-state index contributed by atoms with van der Waals surface area (Å²) in [5.41, 5.74) is 0.771. The molecule has 126 valence electrons. The van der Waals surface area contributed by atoms with Crippen LogP contribution in [0.3, 0.4) is 0 Å². The van der Waals surface area contributed by atoms with Crippen LogP contribution in [-0.2, 0) is 9.53 Å². The number of piperidine rings is 1. The van der Waals surface area contributed by atoms with E-state index in [0.717, 1.165) is 51.8 Å². The van der Waals surface area contributed by atoms with Gasteiger partial charge in [0.15, 0.2) is 0 Å². The van der Waals surface area contributed by atoms with Crippen molar-refractivity contribution < 1.29 is 9.53 Å². The van der Waals surface area contributed by atoms with E-state index in [1.807, 2.05) is 23.6 Å². The highest BCUT2D eigenvalue weighted by molar-refractivity contribution is 8.00. The second-order valence-electron chi connectivity index (χ2n) is 6.91. The Morgan fingerprint density at radius 3 is 2.65 bits per heavy atom. The lowest BCUT2D eigenvalue weighted by Gasteiger charge is -2.40. The van der Waals surface area contributed by atoms with Crippen LogP contribution < -0.4 is 0 Å². The standard InChI is InChI=1S/C19H27NO2S/c1-15-7-3-4-8-17(15)23-16-9-12-20(13-10-16)18(21)19(2)11-5-6-14-22-19/h3-4,7-8,16H,5-6,9-14H2,1-2H3. The van der Waals surface area contributed by atoms with Gasteiger partial charge in [0.2, 0.25) is 0 Å². The van der Waals surface area contributed by atoms with Crippen molar-refractivity contribution in [1.82, 2.24) is 4.90 Å². The molecule has 1 amide bonds. The SMILES string of the molecule is Cc1ccccc1SC1CCN(C(=O)C2(C)CCCCO2)CC1. The maximum atomic E-state index is 12.8. The van der Waals surface area contributed by atoms with Gasteiger partial charge in [0.05, 0.1) is 0 Å². The molecule has 0 spiro atoms. The first-order chi connectivity index (χ1) is 11.1. The largest absolute Gasteiger partial charge is 0.365 e. The predicted molar refractivity (Wildman–Crippen MR) is 94.8 cm³/mol. The number of hydrogen-bond acceptors (Lipinski definition) is 3. The van der Waals surface area contributed by atoms with Gasteiger partial charge in [0.1, 0.15) is 5.60 Å². The second kappa shape index (κ2) is 7.27. The van der Waals surface area contributed by atoms with E-state index in [1.165, 1.54) is 10.5 Å². The van der Waals surface area contributed by atoms with E-state index in [1.54, 1.807) is 0 Å². The van der Waals surface area contributed by atoms with Crippen molar-refractivity contribution in [2.75, 3.05) is 19.7 Å². The van der Waals surface area contributed by atoms with Crippen LogP contribution in [0.2, 0.25) is 0 Å². The fraction of sp³-hybridized carbons (Fsp3) is 0.632. The summed E-state index contributed by atoms with van der Waals surface area (Å²) >= 11 is 1.97. The molecule has 0 aromatic heterocycles. The summed E-state index contributed by atoms with van der Waals surface area (Å²) in [5.74, 6) is 0.205. The molecule has 1 unspecified atom stereocenters. The van der Waals surface area contributed by atoms with Gasteiger partial charge in [-0.15, -0.1) is 11.8 Å². The normalized spacial score (nSPS) is 26.3. The average Bonchev–Trinajstić information content (AvgIpc) is 2.58. The van der Waals surface area contributed by atoms with Crippen molar-refractivity contribution in [3.63, 3.8) is 0 Å². The van der Waals surface area contributed by atoms with Gasteiger partial charge < -0.3 is 9.64 Å². The van der Waals surface area contributed by atoms with Crippen LogP contribution in [0.25, 0.3) is 0 Å². The average molecular weight is 333 g/mol. The first kappa shape index (κ1) is 16.8. The molecule has 3 nitrogen and oxygen atoms in total. The Kier molecular flexibility index (Phi) is 5.32. The molecule has 1 aromatic rings. The summed E-state index contributed by atoms with van der Waals surface area (Å²) in [6.07, 6.45) is 5.19. The van der Waals surface area contributed by atoms with Crippen molar-refractivity contribution in [3.8, 4) is 0 Å². The Labute approximate surface area is 143 Å². The Balaban J connectivity index is 1.54. The quantitative estimate of drug-likeness (QED) is 0.836. The van der Waals surface area contributed by atoms with Gasteiger partial charge in [-0.05, 0) is 57.6 Å². The number of hydrogen-bond donors (Lipinski definition) is 0. The van der Waals surface area contributed by atoms with Crippen molar-refractivity contribution >= 4 is 17.7 Å². The number of aryl methyl sites for hydroxylation is 1. The van der Waals surface area contributed by atoms with Crippen LogP contribution in [0.5, 0.6) is 0 Å². The van der Waals surface area contributed by atoms with Gasteiger partial charge in [-0.25, -0.2) is 0 Å². The molecule has 2 aliphatic rings. The summed E-state index contributed by atoms with van der Waals surface area (Å²) in [5, 5.41) is 0.611. The highest BCUT2D eigenvalue weighted by Gasteiger charge is 2.40. The van der Waals surface area contributed by atoms with Gasteiger partial charge in [0.25, 0.3) is 5.91 Å². The third-order valence-corrected chi connectivity index (χ3v) is 6.55. The maximum absolute atomic E-state index is 12.8.